The normalized spacial score (nSPS) is 17.6. The fourth-order valence-electron chi connectivity index (χ4n) is 3.23. The first kappa shape index (κ1) is 20.0. The van der Waals surface area contributed by atoms with Gasteiger partial charge in [0.1, 0.15) is 11.4 Å². The van der Waals surface area contributed by atoms with Gasteiger partial charge in [-0.05, 0) is 69.0 Å². The molecule has 0 radical (unpaired) electrons. The van der Waals surface area contributed by atoms with E-state index in [2.05, 4.69) is 22.1 Å². The molecule has 1 unspecified atom stereocenters. The summed E-state index contributed by atoms with van der Waals surface area (Å²) in [6.45, 7) is 5.61. The second-order valence-electron chi connectivity index (χ2n) is 7.69. The van der Waals surface area contributed by atoms with Gasteiger partial charge in [0.25, 0.3) is 5.91 Å². The Balaban J connectivity index is 1.56. The van der Waals surface area contributed by atoms with Crippen LogP contribution in [-0.2, 0) is 6.54 Å². The second kappa shape index (κ2) is 8.51. The summed E-state index contributed by atoms with van der Waals surface area (Å²) >= 11 is 0. The molecular weight excluding hydrogens is 356 g/mol. The molecular formula is C22H26N2O4. The van der Waals surface area contributed by atoms with Crippen molar-refractivity contribution in [3.63, 3.8) is 0 Å². The number of aliphatic hydroxyl groups is 1. The van der Waals surface area contributed by atoms with Crippen LogP contribution in [0.1, 0.15) is 48.6 Å². The summed E-state index contributed by atoms with van der Waals surface area (Å²) in [6.07, 6.45) is 1.90. The van der Waals surface area contributed by atoms with Gasteiger partial charge < -0.3 is 19.9 Å². The van der Waals surface area contributed by atoms with Gasteiger partial charge in [0.05, 0.1) is 0 Å². The van der Waals surface area contributed by atoms with Crippen LogP contribution in [0.3, 0.4) is 0 Å². The number of piperidine rings is 1. The van der Waals surface area contributed by atoms with E-state index in [1.54, 1.807) is 38.1 Å². The molecule has 0 aliphatic carbocycles. The van der Waals surface area contributed by atoms with E-state index in [4.69, 9.17) is 4.42 Å². The lowest BCUT2D eigenvalue weighted by atomic mass is 10.0. The molecule has 3 N–H and O–H groups in total. The second-order valence-corrected chi connectivity index (χ2v) is 7.69. The van der Waals surface area contributed by atoms with Crippen LogP contribution in [0.25, 0.3) is 0 Å². The SMILES string of the molecule is CC(C)(O)C#Cc1ccc(C(=O)NC2CCCN(Cc3cccc(O)c3)C2)o1. The molecule has 6 heteroatoms. The summed E-state index contributed by atoms with van der Waals surface area (Å²) in [4.78, 5) is 14.8. The number of phenols is 1. The number of amides is 1. The monoisotopic (exact) mass is 382 g/mol. The number of furan rings is 1. The van der Waals surface area contributed by atoms with Crippen molar-refractivity contribution in [1.29, 1.82) is 0 Å². The maximum atomic E-state index is 12.5. The topological polar surface area (TPSA) is 85.9 Å². The van der Waals surface area contributed by atoms with Gasteiger partial charge in [-0.25, -0.2) is 0 Å². The number of benzene rings is 1. The molecule has 1 saturated heterocycles. The van der Waals surface area contributed by atoms with Crippen molar-refractivity contribution in [1.82, 2.24) is 10.2 Å². The number of hydrogen-bond acceptors (Lipinski definition) is 5. The number of carbonyl (C=O) groups excluding carboxylic acids is 1. The largest absolute Gasteiger partial charge is 0.508 e. The number of hydrogen-bond donors (Lipinski definition) is 3. The Bertz CT molecular complexity index is 886. The van der Waals surface area contributed by atoms with Crippen molar-refractivity contribution in [2.24, 2.45) is 0 Å². The van der Waals surface area contributed by atoms with Crippen molar-refractivity contribution >= 4 is 5.91 Å². The van der Waals surface area contributed by atoms with Gasteiger partial charge in [-0.1, -0.05) is 18.1 Å². The maximum absolute atomic E-state index is 12.5. The minimum atomic E-state index is -1.11. The Kier molecular flexibility index (Phi) is 6.08. The van der Waals surface area contributed by atoms with Crippen LogP contribution in [0.5, 0.6) is 5.75 Å². The lowest BCUT2D eigenvalue weighted by molar-refractivity contribution is 0.0872. The number of nitrogens with one attached hydrogen (secondary N) is 1. The first-order valence-corrected chi connectivity index (χ1v) is 9.45. The van der Waals surface area contributed by atoms with Crippen molar-refractivity contribution in [2.45, 2.75) is 44.9 Å². The number of likely N-dealkylation sites (tertiary alicyclic amines) is 1. The summed E-state index contributed by atoms with van der Waals surface area (Å²) in [5, 5.41) is 22.3. The minimum absolute atomic E-state index is 0.0366. The molecule has 0 bridgehead atoms. The predicted molar refractivity (Wildman–Crippen MR) is 106 cm³/mol. The van der Waals surface area contributed by atoms with Crippen molar-refractivity contribution < 1.29 is 19.4 Å². The summed E-state index contributed by atoms with van der Waals surface area (Å²) in [6, 6.07) is 10.5. The zero-order valence-electron chi connectivity index (χ0n) is 16.2. The van der Waals surface area contributed by atoms with E-state index in [9.17, 15) is 15.0 Å². The summed E-state index contributed by atoms with van der Waals surface area (Å²) < 4.78 is 5.48. The van der Waals surface area contributed by atoms with Gasteiger partial charge in [0.15, 0.2) is 11.5 Å². The van der Waals surface area contributed by atoms with Crippen LogP contribution in [0.15, 0.2) is 40.8 Å². The van der Waals surface area contributed by atoms with Crippen LogP contribution >= 0.6 is 0 Å². The molecule has 1 amide bonds. The van der Waals surface area contributed by atoms with Crippen LogP contribution in [-0.4, -0.2) is 45.8 Å². The van der Waals surface area contributed by atoms with E-state index in [1.165, 1.54) is 0 Å². The molecule has 1 aliphatic heterocycles. The summed E-state index contributed by atoms with van der Waals surface area (Å²) in [5.41, 5.74) is -0.0657. The zero-order chi connectivity index (χ0) is 20.1. The van der Waals surface area contributed by atoms with E-state index in [0.717, 1.165) is 38.0 Å². The predicted octanol–water partition coefficient (Wildman–Crippen LogP) is 2.50. The first-order chi connectivity index (χ1) is 13.3. The van der Waals surface area contributed by atoms with Gasteiger partial charge in [-0.15, -0.1) is 0 Å². The molecule has 148 valence electrons. The van der Waals surface area contributed by atoms with Crippen LogP contribution < -0.4 is 5.32 Å². The highest BCUT2D eigenvalue weighted by Crippen LogP contribution is 2.17. The highest BCUT2D eigenvalue weighted by Gasteiger charge is 2.23. The van der Waals surface area contributed by atoms with E-state index in [-0.39, 0.29) is 23.5 Å². The van der Waals surface area contributed by atoms with Crippen molar-refractivity contribution in [3.8, 4) is 17.6 Å². The molecule has 2 heterocycles. The Morgan fingerprint density at radius 2 is 2.18 bits per heavy atom. The molecule has 3 rings (SSSR count). The summed E-state index contributed by atoms with van der Waals surface area (Å²) in [7, 11) is 0. The third kappa shape index (κ3) is 5.88. The number of rotatable bonds is 4. The molecule has 1 aromatic carbocycles. The van der Waals surface area contributed by atoms with Crippen molar-refractivity contribution in [3.05, 3.63) is 53.5 Å². The average molecular weight is 382 g/mol. The lowest BCUT2D eigenvalue weighted by Crippen LogP contribution is -2.47. The Morgan fingerprint density at radius 3 is 2.93 bits per heavy atom. The standard InChI is InChI=1S/C22H26N2O4/c1-22(2,27)11-10-19-8-9-20(28-19)21(26)23-17-6-4-12-24(15-17)14-16-5-3-7-18(25)13-16/h3,5,7-9,13,17,25,27H,4,6,12,14-15H2,1-2H3,(H,23,26). The van der Waals surface area contributed by atoms with Gasteiger partial charge in [-0.2, -0.15) is 0 Å². The van der Waals surface area contributed by atoms with Gasteiger partial charge >= 0.3 is 0 Å². The Labute approximate surface area is 165 Å². The molecule has 28 heavy (non-hydrogen) atoms. The molecule has 0 saturated carbocycles. The quantitative estimate of drug-likeness (QED) is 0.708. The number of nitrogens with zero attached hydrogens (tertiary/aromatic N) is 1. The molecule has 1 aromatic heterocycles. The van der Waals surface area contributed by atoms with Gasteiger partial charge in [-0.3, -0.25) is 9.69 Å². The maximum Gasteiger partial charge on any atom is 0.287 e. The summed E-state index contributed by atoms with van der Waals surface area (Å²) in [5.74, 6) is 5.95. The van der Waals surface area contributed by atoms with Gasteiger partial charge in [0, 0.05) is 19.1 Å². The Morgan fingerprint density at radius 1 is 1.36 bits per heavy atom. The molecule has 1 aliphatic rings. The highest BCUT2D eigenvalue weighted by atomic mass is 16.3. The molecule has 2 aromatic rings. The molecule has 6 nitrogen and oxygen atoms in total. The van der Waals surface area contributed by atoms with Crippen LogP contribution in [0, 0.1) is 11.8 Å². The molecule has 0 spiro atoms. The number of carbonyl (C=O) groups is 1. The van der Waals surface area contributed by atoms with Crippen LogP contribution in [0.2, 0.25) is 0 Å². The molecule has 1 atom stereocenters. The Hall–Kier alpha value is -2.75. The van der Waals surface area contributed by atoms with Gasteiger partial charge in [0.2, 0.25) is 0 Å². The fraction of sp³-hybridized carbons (Fsp3) is 0.409. The smallest absolute Gasteiger partial charge is 0.287 e. The van der Waals surface area contributed by atoms with E-state index >= 15 is 0 Å². The molecule has 1 fully saturated rings. The van der Waals surface area contributed by atoms with Crippen LogP contribution in [0.4, 0.5) is 0 Å². The van der Waals surface area contributed by atoms with E-state index in [1.807, 2.05) is 12.1 Å². The lowest BCUT2D eigenvalue weighted by Gasteiger charge is -2.33. The van der Waals surface area contributed by atoms with Crippen molar-refractivity contribution in [2.75, 3.05) is 13.1 Å². The van der Waals surface area contributed by atoms with E-state index in [0.29, 0.717) is 5.76 Å². The average Bonchev–Trinajstić information content (AvgIpc) is 3.09. The number of phenolic OH excluding ortho intramolecular Hbond substituents is 1. The van der Waals surface area contributed by atoms with E-state index < -0.39 is 5.60 Å². The number of aromatic hydroxyl groups is 1. The third-order valence-electron chi connectivity index (χ3n) is 4.48. The fourth-order valence-corrected chi connectivity index (χ4v) is 3.23. The first-order valence-electron chi connectivity index (χ1n) is 9.45. The zero-order valence-corrected chi connectivity index (χ0v) is 16.2. The minimum Gasteiger partial charge on any atom is -0.508 e. The third-order valence-corrected chi connectivity index (χ3v) is 4.48. The highest BCUT2D eigenvalue weighted by molar-refractivity contribution is 5.91.